The Morgan fingerprint density at radius 2 is 1.81 bits per heavy atom. The molecule has 0 aliphatic carbocycles. The van der Waals surface area contributed by atoms with E-state index in [0.717, 1.165) is 12.8 Å². The molecule has 0 saturated carbocycles. The first-order valence-electron chi connectivity index (χ1n) is 6.74. The van der Waals surface area contributed by atoms with Crippen molar-refractivity contribution in [1.82, 2.24) is 0 Å². The van der Waals surface area contributed by atoms with Crippen LogP contribution in [0.5, 0.6) is 5.75 Å². The molecule has 7 heteroatoms. The summed E-state index contributed by atoms with van der Waals surface area (Å²) in [6, 6.07) is 5.27. The molecule has 0 aromatic heterocycles. The molecule has 21 heavy (non-hydrogen) atoms. The standard InChI is InChI=1S/C14H19NO6/c1-2-3-8-19-9-10-20-11-14(16)21-13-6-4-12(5-7-13)15(17)18/h4-7H,2-3,8-11H2,1H3. The quantitative estimate of drug-likeness (QED) is 0.216. The first-order valence-corrected chi connectivity index (χ1v) is 6.74. The normalized spacial score (nSPS) is 10.3. The van der Waals surface area contributed by atoms with Crippen molar-refractivity contribution < 1.29 is 23.9 Å². The van der Waals surface area contributed by atoms with Crippen LogP contribution in [-0.2, 0) is 14.3 Å². The number of non-ortho nitro benzene ring substituents is 1. The fourth-order valence-corrected chi connectivity index (χ4v) is 1.42. The third-order valence-corrected chi connectivity index (χ3v) is 2.51. The van der Waals surface area contributed by atoms with E-state index in [-0.39, 0.29) is 18.0 Å². The molecule has 0 spiro atoms. The van der Waals surface area contributed by atoms with Crippen molar-refractivity contribution in [3.63, 3.8) is 0 Å². The Labute approximate surface area is 123 Å². The number of nitro benzene ring substituents is 1. The van der Waals surface area contributed by atoms with Crippen LogP contribution in [0.25, 0.3) is 0 Å². The lowest BCUT2D eigenvalue weighted by atomic mass is 10.3. The molecule has 1 aromatic carbocycles. The summed E-state index contributed by atoms with van der Waals surface area (Å²) in [7, 11) is 0. The van der Waals surface area contributed by atoms with Gasteiger partial charge in [0.2, 0.25) is 0 Å². The van der Waals surface area contributed by atoms with Gasteiger partial charge in [0.05, 0.1) is 18.1 Å². The maximum absolute atomic E-state index is 11.4. The van der Waals surface area contributed by atoms with Gasteiger partial charge in [0, 0.05) is 18.7 Å². The number of carbonyl (C=O) groups is 1. The number of unbranched alkanes of at least 4 members (excludes halogenated alkanes) is 1. The Bertz CT molecular complexity index is 445. The Hall–Kier alpha value is -1.99. The molecule has 0 unspecified atom stereocenters. The van der Waals surface area contributed by atoms with Gasteiger partial charge in [-0.05, 0) is 18.6 Å². The zero-order valence-corrected chi connectivity index (χ0v) is 11.9. The summed E-state index contributed by atoms with van der Waals surface area (Å²) in [4.78, 5) is 21.4. The van der Waals surface area contributed by atoms with Gasteiger partial charge in [0.1, 0.15) is 12.4 Å². The summed E-state index contributed by atoms with van der Waals surface area (Å²) < 4.78 is 15.3. The molecule has 0 saturated heterocycles. The molecular formula is C14H19NO6. The van der Waals surface area contributed by atoms with Gasteiger partial charge in [0.25, 0.3) is 5.69 Å². The Kier molecular flexibility index (Phi) is 8.00. The van der Waals surface area contributed by atoms with Crippen molar-refractivity contribution in [3.05, 3.63) is 34.4 Å². The van der Waals surface area contributed by atoms with Crippen molar-refractivity contribution in [2.24, 2.45) is 0 Å². The number of nitrogens with zero attached hydrogens (tertiary/aromatic N) is 1. The highest BCUT2D eigenvalue weighted by atomic mass is 16.6. The van der Waals surface area contributed by atoms with Gasteiger partial charge in [-0.2, -0.15) is 0 Å². The van der Waals surface area contributed by atoms with E-state index in [4.69, 9.17) is 14.2 Å². The molecule has 0 atom stereocenters. The molecule has 116 valence electrons. The molecule has 0 heterocycles. The molecule has 0 fully saturated rings. The van der Waals surface area contributed by atoms with Crippen molar-refractivity contribution in [2.75, 3.05) is 26.4 Å². The largest absolute Gasteiger partial charge is 0.425 e. The highest BCUT2D eigenvalue weighted by Crippen LogP contribution is 2.17. The average Bonchev–Trinajstić information content (AvgIpc) is 2.47. The molecule has 0 aliphatic rings. The predicted octanol–water partition coefficient (Wildman–Crippen LogP) is 2.33. The molecule has 0 N–H and O–H groups in total. The van der Waals surface area contributed by atoms with E-state index in [1.807, 2.05) is 0 Å². The van der Waals surface area contributed by atoms with E-state index in [1.165, 1.54) is 24.3 Å². The van der Waals surface area contributed by atoms with Crippen LogP contribution in [0.2, 0.25) is 0 Å². The van der Waals surface area contributed by atoms with Crippen molar-refractivity contribution in [2.45, 2.75) is 19.8 Å². The minimum absolute atomic E-state index is 0.0599. The second kappa shape index (κ2) is 9.84. The summed E-state index contributed by atoms with van der Waals surface area (Å²) in [6.45, 7) is 3.33. The lowest BCUT2D eigenvalue weighted by molar-refractivity contribution is -0.384. The minimum Gasteiger partial charge on any atom is -0.425 e. The van der Waals surface area contributed by atoms with Crippen LogP contribution in [0.4, 0.5) is 5.69 Å². The number of hydrogen-bond donors (Lipinski definition) is 0. The second-order valence-corrected chi connectivity index (χ2v) is 4.24. The summed E-state index contributed by atoms with van der Waals surface area (Å²) in [5.74, 6) is -0.314. The van der Waals surface area contributed by atoms with Crippen LogP contribution >= 0.6 is 0 Å². The number of benzene rings is 1. The SMILES string of the molecule is CCCCOCCOCC(=O)Oc1ccc([N+](=O)[O-])cc1. The Morgan fingerprint density at radius 1 is 1.14 bits per heavy atom. The molecule has 0 bridgehead atoms. The average molecular weight is 297 g/mol. The number of ether oxygens (including phenoxy) is 3. The highest BCUT2D eigenvalue weighted by molar-refractivity contribution is 5.73. The van der Waals surface area contributed by atoms with Crippen molar-refractivity contribution >= 4 is 11.7 Å². The smallest absolute Gasteiger partial charge is 0.337 e. The summed E-state index contributed by atoms with van der Waals surface area (Å²) >= 11 is 0. The first kappa shape index (κ1) is 17.1. The summed E-state index contributed by atoms with van der Waals surface area (Å²) in [6.07, 6.45) is 2.07. The fourth-order valence-electron chi connectivity index (χ4n) is 1.42. The van der Waals surface area contributed by atoms with Crippen LogP contribution in [0, 0.1) is 10.1 Å². The fraction of sp³-hybridized carbons (Fsp3) is 0.500. The van der Waals surface area contributed by atoms with Gasteiger partial charge in [-0.3, -0.25) is 10.1 Å². The highest BCUT2D eigenvalue weighted by Gasteiger charge is 2.08. The molecule has 1 rings (SSSR count). The van der Waals surface area contributed by atoms with Crippen LogP contribution < -0.4 is 4.74 Å². The zero-order chi connectivity index (χ0) is 15.5. The van der Waals surface area contributed by atoms with E-state index in [2.05, 4.69) is 6.92 Å². The zero-order valence-electron chi connectivity index (χ0n) is 11.9. The van der Waals surface area contributed by atoms with Crippen LogP contribution in [-0.4, -0.2) is 37.3 Å². The molecule has 1 aromatic rings. The van der Waals surface area contributed by atoms with E-state index in [1.54, 1.807) is 0 Å². The van der Waals surface area contributed by atoms with E-state index >= 15 is 0 Å². The number of nitro groups is 1. The monoisotopic (exact) mass is 297 g/mol. The van der Waals surface area contributed by atoms with E-state index in [9.17, 15) is 14.9 Å². The lowest BCUT2D eigenvalue weighted by Gasteiger charge is -2.06. The predicted molar refractivity (Wildman–Crippen MR) is 75.3 cm³/mol. The third-order valence-electron chi connectivity index (χ3n) is 2.51. The Balaban J connectivity index is 2.17. The summed E-state index contributed by atoms with van der Waals surface area (Å²) in [5.41, 5.74) is -0.0599. The van der Waals surface area contributed by atoms with E-state index in [0.29, 0.717) is 19.8 Å². The molecule has 7 nitrogen and oxygen atoms in total. The van der Waals surface area contributed by atoms with Crippen molar-refractivity contribution in [1.29, 1.82) is 0 Å². The van der Waals surface area contributed by atoms with Crippen LogP contribution in [0.1, 0.15) is 19.8 Å². The number of rotatable bonds is 10. The molecule has 0 aliphatic heterocycles. The Morgan fingerprint density at radius 3 is 2.43 bits per heavy atom. The molecular weight excluding hydrogens is 278 g/mol. The number of esters is 1. The van der Waals surface area contributed by atoms with Gasteiger partial charge >= 0.3 is 5.97 Å². The topological polar surface area (TPSA) is 87.9 Å². The molecule has 0 amide bonds. The van der Waals surface area contributed by atoms with Gasteiger partial charge in [-0.25, -0.2) is 4.79 Å². The second-order valence-electron chi connectivity index (χ2n) is 4.24. The van der Waals surface area contributed by atoms with Gasteiger partial charge in [-0.1, -0.05) is 13.3 Å². The van der Waals surface area contributed by atoms with Crippen LogP contribution in [0.15, 0.2) is 24.3 Å². The van der Waals surface area contributed by atoms with Crippen molar-refractivity contribution in [3.8, 4) is 5.75 Å². The minimum atomic E-state index is -0.558. The molecule has 0 radical (unpaired) electrons. The van der Waals surface area contributed by atoms with Gasteiger partial charge in [0.15, 0.2) is 0 Å². The number of carbonyl (C=O) groups excluding carboxylic acids is 1. The summed E-state index contributed by atoms with van der Waals surface area (Å²) in [5, 5.41) is 10.5. The maximum Gasteiger partial charge on any atom is 0.337 e. The number of hydrogen-bond acceptors (Lipinski definition) is 6. The third kappa shape index (κ3) is 7.38. The van der Waals surface area contributed by atoms with Gasteiger partial charge in [-0.15, -0.1) is 0 Å². The van der Waals surface area contributed by atoms with E-state index < -0.39 is 10.9 Å². The van der Waals surface area contributed by atoms with Gasteiger partial charge < -0.3 is 14.2 Å². The first-order chi connectivity index (χ1) is 10.1. The van der Waals surface area contributed by atoms with Crippen LogP contribution in [0.3, 0.4) is 0 Å². The maximum atomic E-state index is 11.4. The lowest BCUT2D eigenvalue weighted by Crippen LogP contribution is -2.17.